The van der Waals surface area contributed by atoms with Crippen LogP contribution in [-0.2, 0) is 14.3 Å². The van der Waals surface area contributed by atoms with Crippen LogP contribution in [-0.4, -0.2) is 53.2 Å². The number of nitrogens with zero attached hydrogens (tertiary/aromatic N) is 1. The van der Waals surface area contributed by atoms with Crippen LogP contribution in [0.5, 0.6) is 0 Å². The molecule has 0 bridgehead atoms. The zero-order chi connectivity index (χ0) is 22.8. The molecule has 1 aliphatic carbocycles. The maximum absolute atomic E-state index is 12.9. The number of nitrogens with one attached hydrogen (secondary N) is 1. The van der Waals surface area contributed by atoms with Crippen LogP contribution >= 0.6 is 0 Å². The number of carbonyl (C=O) groups excluding carboxylic acids is 2. The highest BCUT2D eigenvalue weighted by atomic mass is 16.5. The lowest BCUT2D eigenvalue weighted by Crippen LogP contribution is -2.56. The molecule has 2 N–H and O–H groups in total. The van der Waals surface area contributed by atoms with Crippen molar-refractivity contribution in [2.45, 2.75) is 44.7 Å². The summed E-state index contributed by atoms with van der Waals surface area (Å²) in [5.74, 6) is -1.27. The first kappa shape index (κ1) is 21.9. The minimum atomic E-state index is -1.02. The van der Waals surface area contributed by atoms with E-state index in [9.17, 15) is 19.5 Å². The van der Waals surface area contributed by atoms with Crippen LogP contribution < -0.4 is 5.32 Å². The lowest BCUT2D eigenvalue weighted by Gasteiger charge is -2.37. The smallest absolute Gasteiger partial charge is 0.407 e. The molecule has 168 valence electrons. The zero-order valence-corrected chi connectivity index (χ0v) is 18.3. The second-order valence-electron chi connectivity index (χ2n) is 8.72. The summed E-state index contributed by atoms with van der Waals surface area (Å²) in [6.45, 7) is 4.07. The molecule has 7 heteroatoms. The lowest BCUT2D eigenvalue weighted by atomic mass is 9.93. The number of alkyl carbamates (subject to hydrolysis) is 1. The number of piperidine rings is 1. The van der Waals surface area contributed by atoms with E-state index in [1.165, 1.54) is 4.90 Å². The van der Waals surface area contributed by atoms with Crippen molar-refractivity contribution in [3.05, 3.63) is 59.7 Å². The molecular formula is C25H28N2O5. The van der Waals surface area contributed by atoms with Crippen LogP contribution in [0.4, 0.5) is 4.79 Å². The largest absolute Gasteiger partial charge is 0.480 e. The number of ether oxygens (including phenoxy) is 1. The number of aliphatic carboxylic acids is 1. The van der Waals surface area contributed by atoms with E-state index in [-0.39, 0.29) is 18.4 Å². The standard InChI is InChI=1S/C25H28N2O5/c1-15-11-12-22(24(29)30)27(13-15)23(28)16(2)26-25(31)32-14-21-19-9-5-3-7-17(19)18-8-4-6-10-20(18)21/h3-10,15-16,21-22H,11-14H2,1-2H3,(H,26,31)(H,29,30)/t15?,16-,22?/m0/s1. The van der Waals surface area contributed by atoms with E-state index < -0.39 is 30.1 Å². The Bertz CT molecular complexity index is 991. The maximum Gasteiger partial charge on any atom is 0.407 e. The minimum absolute atomic E-state index is 0.0708. The van der Waals surface area contributed by atoms with Crippen LogP contribution in [0.25, 0.3) is 11.1 Å². The fraction of sp³-hybridized carbons (Fsp3) is 0.400. The summed E-state index contributed by atoms with van der Waals surface area (Å²) in [5, 5.41) is 12.0. The van der Waals surface area contributed by atoms with Crippen molar-refractivity contribution in [2.24, 2.45) is 5.92 Å². The highest BCUT2D eigenvalue weighted by molar-refractivity contribution is 5.89. The van der Waals surface area contributed by atoms with E-state index in [0.29, 0.717) is 13.0 Å². The van der Waals surface area contributed by atoms with E-state index >= 15 is 0 Å². The summed E-state index contributed by atoms with van der Waals surface area (Å²) in [5.41, 5.74) is 4.49. The van der Waals surface area contributed by atoms with Crippen molar-refractivity contribution in [1.29, 1.82) is 0 Å². The van der Waals surface area contributed by atoms with E-state index in [4.69, 9.17) is 4.74 Å². The van der Waals surface area contributed by atoms with Gasteiger partial charge in [0.25, 0.3) is 0 Å². The summed E-state index contributed by atoms with van der Waals surface area (Å²) in [6, 6.07) is 14.4. The van der Waals surface area contributed by atoms with Gasteiger partial charge in [-0.15, -0.1) is 0 Å². The average molecular weight is 437 g/mol. The molecule has 0 spiro atoms. The first-order chi connectivity index (χ1) is 15.4. The topological polar surface area (TPSA) is 95.9 Å². The Morgan fingerprint density at radius 3 is 2.25 bits per heavy atom. The van der Waals surface area contributed by atoms with E-state index in [1.54, 1.807) is 6.92 Å². The maximum atomic E-state index is 12.9. The third kappa shape index (κ3) is 4.20. The summed E-state index contributed by atoms with van der Waals surface area (Å²) < 4.78 is 5.51. The Hall–Kier alpha value is -3.35. The first-order valence-electron chi connectivity index (χ1n) is 11.0. The predicted molar refractivity (Wildman–Crippen MR) is 119 cm³/mol. The zero-order valence-electron chi connectivity index (χ0n) is 18.3. The first-order valence-corrected chi connectivity index (χ1v) is 11.0. The molecule has 2 aromatic carbocycles. The van der Waals surface area contributed by atoms with Crippen molar-refractivity contribution in [3.63, 3.8) is 0 Å². The molecule has 2 amide bonds. The third-order valence-electron chi connectivity index (χ3n) is 6.43. The van der Waals surface area contributed by atoms with Gasteiger partial charge in [0.15, 0.2) is 0 Å². The number of amides is 2. The average Bonchev–Trinajstić information content (AvgIpc) is 3.10. The molecule has 2 aliphatic rings. The van der Waals surface area contributed by atoms with E-state index in [0.717, 1.165) is 28.7 Å². The van der Waals surface area contributed by atoms with Crippen molar-refractivity contribution >= 4 is 18.0 Å². The lowest BCUT2D eigenvalue weighted by molar-refractivity contribution is -0.153. The monoisotopic (exact) mass is 436 g/mol. The second-order valence-corrected chi connectivity index (χ2v) is 8.72. The molecule has 1 saturated heterocycles. The van der Waals surface area contributed by atoms with Gasteiger partial charge in [-0.1, -0.05) is 55.5 Å². The number of benzene rings is 2. The van der Waals surface area contributed by atoms with Gasteiger partial charge in [0.05, 0.1) is 0 Å². The minimum Gasteiger partial charge on any atom is -0.480 e. The van der Waals surface area contributed by atoms with Crippen LogP contribution in [0.15, 0.2) is 48.5 Å². The van der Waals surface area contributed by atoms with Crippen molar-refractivity contribution in [1.82, 2.24) is 10.2 Å². The highest BCUT2D eigenvalue weighted by Gasteiger charge is 2.37. The molecular weight excluding hydrogens is 408 g/mol. The van der Waals surface area contributed by atoms with Gasteiger partial charge >= 0.3 is 12.1 Å². The quantitative estimate of drug-likeness (QED) is 0.746. The molecule has 1 heterocycles. The number of rotatable bonds is 5. The highest BCUT2D eigenvalue weighted by Crippen LogP contribution is 2.44. The Labute approximate surface area is 187 Å². The Morgan fingerprint density at radius 2 is 1.66 bits per heavy atom. The molecule has 0 aromatic heterocycles. The number of hydrogen-bond acceptors (Lipinski definition) is 4. The SMILES string of the molecule is CC1CCC(C(=O)O)N(C(=O)[C@H](C)NC(=O)OCC2c3ccccc3-c3ccccc32)C1. The Kier molecular flexibility index (Phi) is 6.17. The summed E-state index contributed by atoms with van der Waals surface area (Å²) in [7, 11) is 0. The van der Waals surface area contributed by atoms with Gasteiger partial charge in [0.2, 0.25) is 5.91 Å². The normalized spacial score (nSPS) is 20.8. The molecule has 2 unspecified atom stereocenters. The Balaban J connectivity index is 1.39. The molecule has 4 rings (SSSR count). The van der Waals surface area contributed by atoms with Gasteiger partial charge in [-0.25, -0.2) is 9.59 Å². The number of hydrogen-bond donors (Lipinski definition) is 2. The van der Waals surface area contributed by atoms with Crippen molar-refractivity contribution < 1.29 is 24.2 Å². The van der Waals surface area contributed by atoms with Crippen molar-refractivity contribution in [2.75, 3.05) is 13.2 Å². The summed E-state index contributed by atoms with van der Waals surface area (Å²) in [4.78, 5) is 38.3. The molecule has 0 saturated carbocycles. The third-order valence-corrected chi connectivity index (χ3v) is 6.43. The predicted octanol–water partition coefficient (Wildman–Crippen LogP) is 3.63. The molecule has 1 aliphatic heterocycles. The van der Waals surface area contributed by atoms with Gasteiger partial charge in [-0.3, -0.25) is 4.79 Å². The van der Waals surface area contributed by atoms with Gasteiger partial charge in [-0.2, -0.15) is 0 Å². The molecule has 32 heavy (non-hydrogen) atoms. The Morgan fingerprint density at radius 1 is 1.06 bits per heavy atom. The second kappa shape index (κ2) is 9.02. The fourth-order valence-electron chi connectivity index (χ4n) is 4.78. The summed E-state index contributed by atoms with van der Waals surface area (Å²) in [6.07, 6.45) is 0.485. The molecule has 1 fully saturated rings. The van der Waals surface area contributed by atoms with Gasteiger partial charge in [-0.05, 0) is 47.9 Å². The van der Waals surface area contributed by atoms with Crippen LogP contribution in [0.2, 0.25) is 0 Å². The number of fused-ring (bicyclic) bond motifs is 3. The van der Waals surface area contributed by atoms with E-state index in [2.05, 4.69) is 17.4 Å². The summed E-state index contributed by atoms with van der Waals surface area (Å²) >= 11 is 0. The number of carbonyl (C=O) groups is 3. The number of likely N-dealkylation sites (tertiary alicyclic amines) is 1. The molecule has 3 atom stereocenters. The number of carboxylic acid groups (broad SMARTS) is 1. The van der Waals surface area contributed by atoms with E-state index in [1.807, 2.05) is 43.3 Å². The fourth-order valence-corrected chi connectivity index (χ4v) is 4.78. The van der Waals surface area contributed by atoms with Crippen LogP contribution in [0.3, 0.4) is 0 Å². The molecule has 0 radical (unpaired) electrons. The number of carboxylic acids is 1. The van der Waals surface area contributed by atoms with Gasteiger partial charge < -0.3 is 20.1 Å². The molecule has 7 nitrogen and oxygen atoms in total. The van der Waals surface area contributed by atoms with Gasteiger partial charge in [0, 0.05) is 12.5 Å². The van der Waals surface area contributed by atoms with Crippen LogP contribution in [0.1, 0.15) is 43.7 Å². The van der Waals surface area contributed by atoms with Crippen molar-refractivity contribution in [3.8, 4) is 11.1 Å². The molecule has 2 aromatic rings. The van der Waals surface area contributed by atoms with Crippen LogP contribution in [0, 0.1) is 5.92 Å². The van der Waals surface area contributed by atoms with Gasteiger partial charge in [0.1, 0.15) is 18.7 Å².